The van der Waals surface area contributed by atoms with Crippen LogP contribution in [0.2, 0.25) is 0 Å². The quantitative estimate of drug-likeness (QED) is 0.462. The number of rotatable bonds is 7. The second-order valence-electron chi connectivity index (χ2n) is 6.51. The molecule has 4 rings (SSSR count). The number of benzene rings is 3. The molecule has 1 N–H and O–H groups in total. The number of nitrogens with one attached hydrogen (secondary N) is 1. The number of ether oxygens (including phenoxy) is 2. The molecule has 1 heterocycles. The SMILES string of the molecule is COc1cc(N[C@H](c2nnc(-c3ccccc3)o2)c2ccccc2F)cc(OC)c1. The maximum Gasteiger partial charge on any atom is 0.247 e. The first-order valence-corrected chi connectivity index (χ1v) is 9.31. The number of anilines is 1. The van der Waals surface area contributed by atoms with Gasteiger partial charge in [-0.1, -0.05) is 36.4 Å². The van der Waals surface area contributed by atoms with Gasteiger partial charge in [-0.3, -0.25) is 0 Å². The summed E-state index contributed by atoms with van der Waals surface area (Å²) in [7, 11) is 3.13. The van der Waals surface area contributed by atoms with Crippen LogP contribution < -0.4 is 14.8 Å². The molecule has 152 valence electrons. The van der Waals surface area contributed by atoms with E-state index in [0.717, 1.165) is 5.56 Å². The van der Waals surface area contributed by atoms with E-state index in [2.05, 4.69) is 15.5 Å². The molecule has 1 atom stereocenters. The molecule has 1 aromatic heterocycles. The topological polar surface area (TPSA) is 69.4 Å². The van der Waals surface area contributed by atoms with E-state index in [0.29, 0.717) is 28.6 Å². The molecule has 0 aliphatic carbocycles. The number of hydrogen-bond donors (Lipinski definition) is 1. The standard InChI is InChI=1S/C23H20FN3O3/c1-28-17-12-16(13-18(14-17)29-2)25-21(19-10-6-7-11-20(19)24)23-27-26-22(30-23)15-8-4-3-5-9-15/h3-14,21,25H,1-2H3/t21-/m0/s1. The van der Waals surface area contributed by atoms with Crippen LogP contribution in [0.1, 0.15) is 17.5 Å². The van der Waals surface area contributed by atoms with Crippen molar-refractivity contribution in [3.63, 3.8) is 0 Å². The lowest BCUT2D eigenvalue weighted by atomic mass is 10.1. The fourth-order valence-electron chi connectivity index (χ4n) is 3.09. The van der Waals surface area contributed by atoms with Crippen molar-refractivity contribution in [2.75, 3.05) is 19.5 Å². The van der Waals surface area contributed by atoms with Crippen LogP contribution >= 0.6 is 0 Å². The van der Waals surface area contributed by atoms with Crippen LogP contribution in [0.4, 0.5) is 10.1 Å². The molecule has 0 amide bonds. The predicted octanol–water partition coefficient (Wildman–Crippen LogP) is 5.09. The molecule has 0 saturated carbocycles. The van der Waals surface area contributed by atoms with E-state index >= 15 is 0 Å². The summed E-state index contributed by atoms with van der Waals surface area (Å²) in [5.74, 6) is 1.40. The van der Waals surface area contributed by atoms with Crippen molar-refractivity contribution < 1.29 is 18.3 Å². The Hall–Kier alpha value is -3.87. The van der Waals surface area contributed by atoms with Crippen molar-refractivity contribution in [3.8, 4) is 23.0 Å². The molecule has 30 heavy (non-hydrogen) atoms. The summed E-state index contributed by atoms with van der Waals surface area (Å²) < 4.78 is 31.2. The lowest BCUT2D eigenvalue weighted by Gasteiger charge is -2.18. The average Bonchev–Trinajstić information content (AvgIpc) is 3.28. The highest BCUT2D eigenvalue weighted by molar-refractivity contribution is 5.56. The van der Waals surface area contributed by atoms with Crippen LogP contribution in [0.5, 0.6) is 11.5 Å². The average molecular weight is 405 g/mol. The zero-order valence-corrected chi connectivity index (χ0v) is 16.5. The summed E-state index contributed by atoms with van der Waals surface area (Å²) in [4.78, 5) is 0. The lowest BCUT2D eigenvalue weighted by molar-refractivity contribution is 0.394. The molecule has 0 fully saturated rings. The van der Waals surface area contributed by atoms with Gasteiger partial charge in [-0.2, -0.15) is 0 Å². The first-order chi connectivity index (χ1) is 14.7. The van der Waals surface area contributed by atoms with Crippen LogP contribution in [0.3, 0.4) is 0 Å². The number of nitrogens with zero attached hydrogens (tertiary/aromatic N) is 2. The van der Waals surface area contributed by atoms with Gasteiger partial charge in [0.25, 0.3) is 0 Å². The summed E-state index contributed by atoms with van der Waals surface area (Å²) in [5.41, 5.74) is 1.81. The van der Waals surface area contributed by atoms with Gasteiger partial charge < -0.3 is 19.2 Å². The van der Waals surface area contributed by atoms with E-state index in [4.69, 9.17) is 13.9 Å². The molecular weight excluding hydrogens is 385 g/mol. The molecular formula is C23H20FN3O3. The monoisotopic (exact) mass is 405 g/mol. The fraction of sp³-hybridized carbons (Fsp3) is 0.130. The van der Waals surface area contributed by atoms with Crippen molar-refractivity contribution in [1.29, 1.82) is 0 Å². The van der Waals surface area contributed by atoms with Crippen LogP contribution in [-0.2, 0) is 0 Å². The molecule has 0 bridgehead atoms. The van der Waals surface area contributed by atoms with Gasteiger partial charge in [0.05, 0.1) is 14.2 Å². The number of halogens is 1. The van der Waals surface area contributed by atoms with Crippen LogP contribution in [0.25, 0.3) is 11.5 Å². The van der Waals surface area contributed by atoms with Gasteiger partial charge in [-0.25, -0.2) is 4.39 Å². The van der Waals surface area contributed by atoms with E-state index in [1.54, 1.807) is 50.6 Å². The Morgan fingerprint density at radius 2 is 1.53 bits per heavy atom. The van der Waals surface area contributed by atoms with Crippen LogP contribution in [0, 0.1) is 5.82 Å². The van der Waals surface area contributed by atoms with Crippen molar-refractivity contribution >= 4 is 5.69 Å². The van der Waals surface area contributed by atoms with Gasteiger partial charge in [0.1, 0.15) is 23.4 Å². The second-order valence-corrected chi connectivity index (χ2v) is 6.51. The van der Waals surface area contributed by atoms with Gasteiger partial charge in [0.2, 0.25) is 11.8 Å². The van der Waals surface area contributed by atoms with Crippen molar-refractivity contribution in [2.45, 2.75) is 6.04 Å². The highest BCUT2D eigenvalue weighted by atomic mass is 19.1. The van der Waals surface area contributed by atoms with Gasteiger partial charge in [0.15, 0.2) is 0 Å². The van der Waals surface area contributed by atoms with Gasteiger partial charge in [0, 0.05) is 35.0 Å². The van der Waals surface area contributed by atoms with Crippen LogP contribution in [0.15, 0.2) is 77.2 Å². The van der Waals surface area contributed by atoms with Gasteiger partial charge in [-0.15, -0.1) is 10.2 Å². The Morgan fingerprint density at radius 1 is 0.867 bits per heavy atom. The van der Waals surface area contributed by atoms with Gasteiger partial charge >= 0.3 is 0 Å². The third-order valence-corrected chi connectivity index (χ3v) is 4.59. The maximum atomic E-state index is 14.7. The molecule has 6 nitrogen and oxygen atoms in total. The molecule has 0 spiro atoms. The first-order valence-electron chi connectivity index (χ1n) is 9.31. The Morgan fingerprint density at radius 3 is 2.20 bits per heavy atom. The largest absolute Gasteiger partial charge is 0.497 e. The lowest BCUT2D eigenvalue weighted by Crippen LogP contribution is -2.14. The molecule has 4 aromatic rings. The van der Waals surface area contributed by atoms with E-state index in [-0.39, 0.29) is 11.7 Å². The first kappa shape index (κ1) is 19.4. The van der Waals surface area contributed by atoms with Crippen LogP contribution in [-0.4, -0.2) is 24.4 Å². The maximum absolute atomic E-state index is 14.7. The molecule has 7 heteroatoms. The van der Waals surface area contributed by atoms with Crippen molar-refractivity contribution in [1.82, 2.24) is 10.2 Å². The normalized spacial score (nSPS) is 11.7. The molecule has 0 aliphatic heterocycles. The third kappa shape index (κ3) is 4.10. The third-order valence-electron chi connectivity index (χ3n) is 4.59. The van der Waals surface area contributed by atoms with Crippen molar-refractivity contribution in [3.05, 3.63) is 90.1 Å². The second kappa shape index (κ2) is 8.65. The number of aromatic nitrogens is 2. The Balaban J connectivity index is 1.75. The highest BCUT2D eigenvalue weighted by Gasteiger charge is 2.24. The Bertz CT molecular complexity index is 1110. The van der Waals surface area contributed by atoms with E-state index < -0.39 is 6.04 Å². The minimum absolute atomic E-state index is 0.237. The Kier molecular flexibility index (Phi) is 5.61. The number of hydrogen-bond acceptors (Lipinski definition) is 6. The molecule has 0 unspecified atom stereocenters. The van der Waals surface area contributed by atoms with Gasteiger partial charge in [-0.05, 0) is 18.2 Å². The van der Waals surface area contributed by atoms with E-state index in [9.17, 15) is 4.39 Å². The summed E-state index contributed by atoms with van der Waals surface area (Å²) in [5, 5.41) is 11.6. The fourth-order valence-corrected chi connectivity index (χ4v) is 3.09. The predicted molar refractivity (Wildman–Crippen MR) is 111 cm³/mol. The van der Waals surface area contributed by atoms with E-state index in [1.807, 2.05) is 30.3 Å². The summed E-state index contributed by atoms with van der Waals surface area (Å²) in [6.07, 6.45) is 0. The highest BCUT2D eigenvalue weighted by Crippen LogP contribution is 2.33. The zero-order valence-electron chi connectivity index (χ0n) is 16.5. The molecule has 0 radical (unpaired) electrons. The van der Waals surface area contributed by atoms with Crippen molar-refractivity contribution in [2.24, 2.45) is 0 Å². The summed E-state index contributed by atoms with van der Waals surface area (Å²) >= 11 is 0. The zero-order chi connectivity index (χ0) is 20.9. The summed E-state index contributed by atoms with van der Waals surface area (Å²) in [6.45, 7) is 0. The molecule has 0 saturated heterocycles. The smallest absolute Gasteiger partial charge is 0.247 e. The molecule has 0 aliphatic rings. The summed E-state index contributed by atoms with van der Waals surface area (Å²) in [6, 6.07) is 20.5. The minimum atomic E-state index is -0.715. The Labute approximate surface area is 173 Å². The molecule has 3 aromatic carbocycles. The van der Waals surface area contributed by atoms with E-state index in [1.165, 1.54) is 6.07 Å². The number of methoxy groups -OCH3 is 2. The minimum Gasteiger partial charge on any atom is -0.497 e.